The third-order valence-corrected chi connectivity index (χ3v) is 5.34. The van der Waals surface area contributed by atoms with E-state index in [4.69, 9.17) is 9.84 Å². The van der Waals surface area contributed by atoms with Crippen LogP contribution in [0.3, 0.4) is 0 Å². The van der Waals surface area contributed by atoms with E-state index in [0.717, 1.165) is 22.8 Å². The van der Waals surface area contributed by atoms with Gasteiger partial charge < -0.3 is 4.74 Å². The van der Waals surface area contributed by atoms with Crippen LogP contribution in [0.15, 0.2) is 54.6 Å². The molecule has 4 aromatic rings. The molecule has 2 aromatic heterocycles. The minimum Gasteiger partial charge on any atom is -0.486 e. The second-order valence-corrected chi connectivity index (χ2v) is 7.23. The van der Waals surface area contributed by atoms with E-state index in [9.17, 15) is 4.39 Å². The largest absolute Gasteiger partial charge is 0.486 e. The highest BCUT2D eigenvalue weighted by atomic mass is 32.1. The fourth-order valence-corrected chi connectivity index (χ4v) is 4.01. The topological polar surface area (TPSA) is 52.3 Å². The zero-order valence-electron chi connectivity index (χ0n) is 14.9. The molecule has 0 aliphatic carbocycles. The first-order valence-corrected chi connectivity index (χ1v) is 9.70. The van der Waals surface area contributed by atoms with Gasteiger partial charge in [0.2, 0.25) is 4.96 Å². The van der Waals surface area contributed by atoms with Crippen molar-refractivity contribution in [2.75, 3.05) is 0 Å². The lowest BCUT2D eigenvalue weighted by atomic mass is 9.95. The number of nitrogens with zero attached hydrogens (tertiary/aromatic N) is 4. The SMILES string of the molecule is CCC[C@H](c1ccccc1)c1nn2c(COc3ccc(F)cc3)nnc2s1. The Bertz CT molecular complexity index is 1010. The summed E-state index contributed by atoms with van der Waals surface area (Å²) >= 11 is 1.56. The van der Waals surface area contributed by atoms with E-state index in [-0.39, 0.29) is 18.3 Å². The van der Waals surface area contributed by atoms with Gasteiger partial charge in [0.15, 0.2) is 5.82 Å². The van der Waals surface area contributed by atoms with Crippen LogP contribution in [0.2, 0.25) is 0 Å². The predicted molar refractivity (Wildman–Crippen MR) is 103 cm³/mol. The fraction of sp³-hybridized carbons (Fsp3) is 0.250. The van der Waals surface area contributed by atoms with Crippen LogP contribution < -0.4 is 4.74 Å². The second-order valence-electron chi connectivity index (χ2n) is 6.25. The zero-order valence-corrected chi connectivity index (χ0v) is 15.7. The molecule has 0 saturated heterocycles. The van der Waals surface area contributed by atoms with Crippen molar-refractivity contribution in [1.29, 1.82) is 0 Å². The maximum Gasteiger partial charge on any atom is 0.234 e. The average molecular weight is 382 g/mol. The molecule has 138 valence electrons. The molecular weight excluding hydrogens is 363 g/mol. The highest BCUT2D eigenvalue weighted by molar-refractivity contribution is 7.16. The Labute approximate surface area is 160 Å². The average Bonchev–Trinajstić information content (AvgIpc) is 3.27. The predicted octanol–water partition coefficient (Wildman–Crippen LogP) is 4.84. The quantitative estimate of drug-likeness (QED) is 0.459. The van der Waals surface area contributed by atoms with Crippen molar-refractivity contribution in [3.05, 3.63) is 76.8 Å². The van der Waals surface area contributed by atoms with Crippen LogP contribution in [-0.4, -0.2) is 19.8 Å². The highest BCUT2D eigenvalue weighted by Crippen LogP contribution is 2.32. The lowest BCUT2D eigenvalue weighted by molar-refractivity contribution is 0.292. The standard InChI is InChI=1S/C20H19FN4OS/c1-2-6-17(14-7-4-3-5-8-14)19-24-25-18(22-23-20(25)27-19)13-26-16-11-9-15(21)10-12-16/h3-5,7-12,17H,2,6,13H2,1H3/t17-/m1/s1. The number of halogens is 1. The minimum atomic E-state index is -0.292. The highest BCUT2D eigenvalue weighted by Gasteiger charge is 2.20. The molecule has 0 radical (unpaired) electrons. The van der Waals surface area contributed by atoms with Crippen molar-refractivity contribution in [3.63, 3.8) is 0 Å². The summed E-state index contributed by atoms with van der Waals surface area (Å²) in [7, 11) is 0. The van der Waals surface area contributed by atoms with Gasteiger partial charge in [0.1, 0.15) is 23.2 Å². The first-order chi connectivity index (χ1) is 13.2. The Kier molecular flexibility index (Phi) is 5.11. The molecule has 0 unspecified atom stereocenters. The van der Waals surface area contributed by atoms with Crippen molar-refractivity contribution in [2.24, 2.45) is 0 Å². The Morgan fingerprint density at radius 3 is 2.59 bits per heavy atom. The molecule has 0 saturated carbocycles. The number of ether oxygens (including phenoxy) is 1. The van der Waals surface area contributed by atoms with Crippen molar-refractivity contribution in [3.8, 4) is 5.75 Å². The van der Waals surface area contributed by atoms with Gasteiger partial charge in [0, 0.05) is 5.92 Å². The maximum absolute atomic E-state index is 13.0. The number of aromatic nitrogens is 4. The second kappa shape index (κ2) is 7.84. The molecule has 0 spiro atoms. The normalized spacial score (nSPS) is 12.4. The summed E-state index contributed by atoms with van der Waals surface area (Å²) in [6.07, 6.45) is 2.09. The molecule has 27 heavy (non-hydrogen) atoms. The van der Waals surface area contributed by atoms with E-state index >= 15 is 0 Å². The summed E-state index contributed by atoms with van der Waals surface area (Å²) in [5, 5.41) is 14.2. The Balaban J connectivity index is 1.58. The first-order valence-electron chi connectivity index (χ1n) is 8.89. The van der Waals surface area contributed by atoms with E-state index in [1.54, 1.807) is 28.0 Å². The van der Waals surface area contributed by atoms with Gasteiger partial charge in [-0.3, -0.25) is 0 Å². The lowest BCUT2D eigenvalue weighted by Crippen LogP contribution is -2.05. The first kappa shape index (κ1) is 17.6. The number of fused-ring (bicyclic) bond motifs is 1. The van der Waals surface area contributed by atoms with Crippen molar-refractivity contribution in [2.45, 2.75) is 32.3 Å². The van der Waals surface area contributed by atoms with Gasteiger partial charge in [-0.25, -0.2) is 4.39 Å². The molecule has 0 N–H and O–H groups in total. The van der Waals surface area contributed by atoms with Crippen LogP contribution in [0.1, 0.15) is 42.1 Å². The van der Waals surface area contributed by atoms with E-state index in [1.807, 2.05) is 6.07 Å². The molecule has 7 heteroatoms. The van der Waals surface area contributed by atoms with Gasteiger partial charge >= 0.3 is 0 Å². The Hall–Kier alpha value is -2.80. The van der Waals surface area contributed by atoms with E-state index in [2.05, 4.69) is 41.4 Å². The molecule has 0 aliphatic heterocycles. The van der Waals surface area contributed by atoms with Gasteiger partial charge in [-0.05, 0) is 36.2 Å². The van der Waals surface area contributed by atoms with Crippen molar-refractivity contribution in [1.82, 2.24) is 19.8 Å². The molecule has 0 aliphatic rings. The summed E-state index contributed by atoms with van der Waals surface area (Å²) in [6, 6.07) is 16.3. The minimum absolute atomic E-state index is 0.222. The summed E-state index contributed by atoms with van der Waals surface area (Å²) in [6.45, 7) is 2.40. The van der Waals surface area contributed by atoms with Gasteiger partial charge in [-0.2, -0.15) is 9.61 Å². The van der Waals surface area contributed by atoms with Crippen LogP contribution in [0.25, 0.3) is 4.96 Å². The van der Waals surface area contributed by atoms with Crippen molar-refractivity contribution < 1.29 is 9.13 Å². The number of hydrogen-bond donors (Lipinski definition) is 0. The summed E-state index contributed by atoms with van der Waals surface area (Å²) in [4.78, 5) is 0.750. The molecule has 2 aromatic carbocycles. The van der Waals surface area contributed by atoms with Gasteiger partial charge in [0.25, 0.3) is 0 Å². The van der Waals surface area contributed by atoms with Crippen LogP contribution in [0.4, 0.5) is 4.39 Å². The molecular formula is C20H19FN4OS. The fourth-order valence-electron chi connectivity index (χ4n) is 2.99. The maximum atomic E-state index is 13.0. The third-order valence-electron chi connectivity index (χ3n) is 4.33. The number of hydrogen-bond acceptors (Lipinski definition) is 5. The van der Waals surface area contributed by atoms with Gasteiger partial charge in [-0.1, -0.05) is 55.0 Å². The molecule has 2 heterocycles. The van der Waals surface area contributed by atoms with Gasteiger partial charge in [0.05, 0.1) is 0 Å². The van der Waals surface area contributed by atoms with Gasteiger partial charge in [-0.15, -0.1) is 10.2 Å². The Morgan fingerprint density at radius 2 is 1.85 bits per heavy atom. The van der Waals surface area contributed by atoms with E-state index in [1.165, 1.54) is 17.7 Å². The Morgan fingerprint density at radius 1 is 1.07 bits per heavy atom. The lowest BCUT2D eigenvalue weighted by Gasteiger charge is -2.13. The molecule has 4 rings (SSSR count). The number of benzene rings is 2. The smallest absolute Gasteiger partial charge is 0.234 e. The van der Waals surface area contributed by atoms with E-state index in [0.29, 0.717) is 11.6 Å². The molecule has 0 fully saturated rings. The molecule has 1 atom stereocenters. The van der Waals surface area contributed by atoms with Crippen LogP contribution in [0, 0.1) is 5.82 Å². The molecule has 5 nitrogen and oxygen atoms in total. The summed E-state index contributed by atoms with van der Waals surface area (Å²) in [5.41, 5.74) is 1.26. The zero-order chi connectivity index (χ0) is 18.6. The van der Waals surface area contributed by atoms with E-state index < -0.39 is 0 Å². The van der Waals surface area contributed by atoms with Crippen LogP contribution >= 0.6 is 11.3 Å². The van der Waals surface area contributed by atoms with Crippen molar-refractivity contribution >= 4 is 16.3 Å². The number of rotatable bonds is 7. The monoisotopic (exact) mass is 382 g/mol. The summed E-state index contributed by atoms with van der Waals surface area (Å²) < 4.78 is 20.4. The van der Waals surface area contributed by atoms with Crippen LogP contribution in [-0.2, 0) is 6.61 Å². The molecule has 0 bridgehead atoms. The van der Waals surface area contributed by atoms with Crippen LogP contribution in [0.5, 0.6) is 5.75 Å². The summed E-state index contributed by atoms with van der Waals surface area (Å²) in [5.74, 6) is 1.16. The third kappa shape index (κ3) is 3.83. The molecule has 0 amide bonds.